The lowest BCUT2D eigenvalue weighted by Gasteiger charge is -2.05. The molecular weight excluding hydrogens is 300 g/mol. The molecule has 3 nitrogen and oxygen atoms in total. The quantitative estimate of drug-likeness (QED) is 0.303. The topological polar surface area (TPSA) is 60.7 Å². The number of benzene rings is 1. The summed E-state index contributed by atoms with van der Waals surface area (Å²) in [5.74, 6) is -0.00585. The van der Waals surface area contributed by atoms with Crippen LogP contribution in [-0.4, -0.2) is 21.4 Å². The van der Waals surface area contributed by atoms with E-state index in [9.17, 15) is 10.2 Å². The molecule has 0 fully saturated rings. The minimum absolute atomic E-state index is 0.0268. The van der Waals surface area contributed by atoms with Crippen LogP contribution in [-0.2, 0) is 6.42 Å². The van der Waals surface area contributed by atoms with Gasteiger partial charge in [-0.05, 0) is 44.2 Å². The lowest BCUT2D eigenvalue weighted by molar-refractivity contribution is 0.244. The minimum Gasteiger partial charge on any atom is -0.504 e. The van der Waals surface area contributed by atoms with Crippen LogP contribution < -0.4 is 0 Å². The Balaban J connectivity index is 2.02. The Bertz CT molecular complexity index is 542. The average molecular weight is 330 g/mol. The maximum Gasteiger partial charge on any atom is 0.160 e. The standard InChI is InChI=1S/C21H30O3/c1-18(22)14-11-9-7-5-3-2-4-6-8-10-12-15-19-16-13-17-20(23)21(19)24/h3,5,7,9,11,13-14,16-18,22-24H,2,4,6,8,10,12,15H2,1H3/b5-3+,9-7+,14-11-. The van der Waals surface area contributed by atoms with Crippen LogP contribution >= 0.6 is 0 Å². The minimum atomic E-state index is -0.393. The predicted molar refractivity (Wildman–Crippen MR) is 100 cm³/mol. The molecule has 1 rings (SSSR count). The first-order valence-electron chi connectivity index (χ1n) is 8.79. The number of para-hydroxylation sites is 1. The van der Waals surface area contributed by atoms with Crippen molar-refractivity contribution in [3.63, 3.8) is 0 Å². The van der Waals surface area contributed by atoms with Gasteiger partial charge < -0.3 is 15.3 Å². The summed E-state index contributed by atoms with van der Waals surface area (Å²) in [5.41, 5.74) is 0.828. The van der Waals surface area contributed by atoms with E-state index in [0.717, 1.165) is 31.2 Å². The van der Waals surface area contributed by atoms with Gasteiger partial charge in [-0.15, -0.1) is 0 Å². The van der Waals surface area contributed by atoms with Crippen molar-refractivity contribution in [2.24, 2.45) is 0 Å². The highest BCUT2D eigenvalue weighted by molar-refractivity contribution is 5.44. The third kappa shape index (κ3) is 9.21. The van der Waals surface area contributed by atoms with Crippen LogP contribution in [0.15, 0.2) is 54.7 Å². The Hall–Kier alpha value is -2.00. The van der Waals surface area contributed by atoms with Crippen LogP contribution in [0.5, 0.6) is 11.5 Å². The molecule has 0 aliphatic rings. The molecule has 1 atom stereocenters. The van der Waals surface area contributed by atoms with E-state index in [1.54, 1.807) is 19.1 Å². The average Bonchev–Trinajstić information content (AvgIpc) is 2.55. The second-order valence-electron chi connectivity index (χ2n) is 6.03. The van der Waals surface area contributed by atoms with E-state index < -0.39 is 6.10 Å². The fraction of sp³-hybridized carbons (Fsp3) is 0.429. The van der Waals surface area contributed by atoms with E-state index in [1.165, 1.54) is 25.3 Å². The van der Waals surface area contributed by atoms with E-state index in [0.29, 0.717) is 0 Å². The van der Waals surface area contributed by atoms with Gasteiger partial charge >= 0.3 is 0 Å². The van der Waals surface area contributed by atoms with E-state index in [1.807, 2.05) is 30.4 Å². The third-order valence-electron chi connectivity index (χ3n) is 3.77. The highest BCUT2D eigenvalue weighted by Crippen LogP contribution is 2.29. The van der Waals surface area contributed by atoms with Gasteiger partial charge in [0.05, 0.1) is 6.10 Å². The second-order valence-corrected chi connectivity index (χ2v) is 6.03. The molecule has 1 aromatic rings. The van der Waals surface area contributed by atoms with Crippen molar-refractivity contribution in [3.8, 4) is 11.5 Å². The maximum atomic E-state index is 9.72. The molecule has 0 radical (unpaired) electrons. The number of allylic oxidation sites excluding steroid dienone is 5. The van der Waals surface area contributed by atoms with Crippen LogP contribution in [0.4, 0.5) is 0 Å². The van der Waals surface area contributed by atoms with Gasteiger partial charge in [0, 0.05) is 0 Å². The zero-order valence-electron chi connectivity index (χ0n) is 14.6. The first-order valence-corrected chi connectivity index (χ1v) is 8.79. The van der Waals surface area contributed by atoms with Gasteiger partial charge in [-0.2, -0.15) is 0 Å². The van der Waals surface area contributed by atoms with Gasteiger partial charge in [0.25, 0.3) is 0 Å². The number of aliphatic hydroxyl groups excluding tert-OH is 1. The molecule has 0 bridgehead atoms. The summed E-state index contributed by atoms with van der Waals surface area (Å²) in [6, 6.07) is 5.14. The summed E-state index contributed by atoms with van der Waals surface area (Å²) in [7, 11) is 0. The SMILES string of the molecule is CC(O)\C=C/C=C/C=C/CCCCCCCc1cccc(O)c1O. The number of aryl methyl sites for hydroxylation is 1. The smallest absolute Gasteiger partial charge is 0.160 e. The number of hydrogen-bond donors (Lipinski definition) is 3. The zero-order chi connectivity index (χ0) is 17.6. The lowest BCUT2D eigenvalue weighted by Crippen LogP contribution is -1.90. The number of unbranched alkanes of at least 4 members (excludes halogenated alkanes) is 5. The fourth-order valence-electron chi connectivity index (χ4n) is 2.42. The van der Waals surface area contributed by atoms with E-state index in [4.69, 9.17) is 5.11 Å². The molecule has 0 aliphatic carbocycles. The number of rotatable bonds is 11. The number of aromatic hydroxyl groups is 2. The first kappa shape index (κ1) is 20.0. The summed E-state index contributed by atoms with van der Waals surface area (Å²) >= 11 is 0. The third-order valence-corrected chi connectivity index (χ3v) is 3.77. The van der Waals surface area contributed by atoms with Crippen molar-refractivity contribution in [2.45, 2.75) is 58.0 Å². The molecule has 132 valence electrons. The van der Waals surface area contributed by atoms with Gasteiger partial charge in [0.1, 0.15) is 0 Å². The van der Waals surface area contributed by atoms with Crippen LogP contribution in [0.2, 0.25) is 0 Å². The highest BCUT2D eigenvalue weighted by atomic mass is 16.3. The van der Waals surface area contributed by atoms with Crippen molar-refractivity contribution in [2.75, 3.05) is 0 Å². The van der Waals surface area contributed by atoms with E-state index >= 15 is 0 Å². The van der Waals surface area contributed by atoms with Crippen LogP contribution in [0.25, 0.3) is 0 Å². The zero-order valence-corrected chi connectivity index (χ0v) is 14.6. The van der Waals surface area contributed by atoms with Crippen molar-refractivity contribution < 1.29 is 15.3 Å². The Morgan fingerprint density at radius 2 is 1.62 bits per heavy atom. The molecule has 0 saturated carbocycles. The van der Waals surface area contributed by atoms with Crippen molar-refractivity contribution in [1.82, 2.24) is 0 Å². The van der Waals surface area contributed by atoms with Crippen LogP contribution in [0.3, 0.4) is 0 Å². The van der Waals surface area contributed by atoms with Gasteiger partial charge in [-0.3, -0.25) is 0 Å². The molecule has 0 spiro atoms. The number of phenolic OH excluding ortho intramolecular Hbond substituents is 2. The maximum absolute atomic E-state index is 9.72. The largest absolute Gasteiger partial charge is 0.504 e. The Kier molecular flexibility index (Phi) is 10.4. The summed E-state index contributed by atoms with van der Waals surface area (Å²) in [6.45, 7) is 1.73. The van der Waals surface area contributed by atoms with Gasteiger partial charge in [-0.25, -0.2) is 0 Å². The van der Waals surface area contributed by atoms with Gasteiger partial charge in [0.2, 0.25) is 0 Å². The van der Waals surface area contributed by atoms with Crippen LogP contribution in [0, 0.1) is 0 Å². The number of hydrogen-bond acceptors (Lipinski definition) is 3. The Labute approximate surface area is 145 Å². The molecular formula is C21H30O3. The summed E-state index contributed by atoms with van der Waals surface area (Å²) in [5, 5.41) is 28.2. The fourth-order valence-corrected chi connectivity index (χ4v) is 2.42. The first-order chi connectivity index (χ1) is 11.6. The summed E-state index contributed by atoms with van der Waals surface area (Å²) < 4.78 is 0. The van der Waals surface area contributed by atoms with E-state index in [-0.39, 0.29) is 11.5 Å². The Morgan fingerprint density at radius 3 is 2.42 bits per heavy atom. The normalized spacial score (nSPS) is 13.4. The monoisotopic (exact) mass is 330 g/mol. The molecule has 1 unspecified atom stereocenters. The van der Waals surface area contributed by atoms with Crippen molar-refractivity contribution in [3.05, 3.63) is 60.2 Å². The van der Waals surface area contributed by atoms with Crippen molar-refractivity contribution >= 4 is 0 Å². The molecule has 0 aliphatic heterocycles. The predicted octanol–water partition coefficient (Wildman–Crippen LogP) is 5.03. The molecule has 0 amide bonds. The van der Waals surface area contributed by atoms with Crippen molar-refractivity contribution in [1.29, 1.82) is 0 Å². The number of phenols is 2. The number of aliphatic hydroxyl groups is 1. The molecule has 0 aromatic heterocycles. The summed E-state index contributed by atoms with van der Waals surface area (Å²) in [4.78, 5) is 0. The molecule has 0 saturated heterocycles. The molecule has 24 heavy (non-hydrogen) atoms. The van der Waals surface area contributed by atoms with Gasteiger partial charge in [0.15, 0.2) is 11.5 Å². The van der Waals surface area contributed by atoms with E-state index in [2.05, 4.69) is 6.08 Å². The Morgan fingerprint density at radius 1 is 0.917 bits per heavy atom. The highest BCUT2D eigenvalue weighted by Gasteiger charge is 2.04. The van der Waals surface area contributed by atoms with Gasteiger partial charge in [-0.1, -0.05) is 67.9 Å². The molecule has 3 N–H and O–H groups in total. The molecule has 1 aromatic carbocycles. The molecule has 0 heterocycles. The molecule has 3 heteroatoms. The van der Waals surface area contributed by atoms with Crippen LogP contribution in [0.1, 0.15) is 51.0 Å². The lowest BCUT2D eigenvalue weighted by atomic mass is 10.0. The second kappa shape index (κ2) is 12.4. The summed E-state index contributed by atoms with van der Waals surface area (Å²) in [6.07, 6.45) is 18.9.